The second-order valence-electron chi connectivity index (χ2n) is 3.11. The largest absolute Gasteiger partial charge is 0.495 e. The molecule has 0 saturated heterocycles. The van der Waals surface area contributed by atoms with Gasteiger partial charge in [-0.05, 0) is 17.7 Å². The van der Waals surface area contributed by atoms with Crippen LogP contribution in [-0.4, -0.2) is 7.11 Å². The summed E-state index contributed by atoms with van der Waals surface area (Å²) < 4.78 is 5.28. The van der Waals surface area contributed by atoms with Gasteiger partial charge in [0.05, 0.1) is 12.0 Å². The molecule has 0 bridgehead atoms. The van der Waals surface area contributed by atoms with E-state index in [0.717, 1.165) is 10.6 Å². The Morgan fingerprint density at radius 3 is 2.53 bits per heavy atom. The molecule has 0 amide bonds. The molecule has 2 heteroatoms. The van der Waals surface area contributed by atoms with Crippen LogP contribution in [-0.2, 0) is 0 Å². The van der Waals surface area contributed by atoms with Gasteiger partial charge in [-0.2, -0.15) is 0 Å². The van der Waals surface area contributed by atoms with Crippen molar-refractivity contribution >= 4 is 17.4 Å². The van der Waals surface area contributed by atoms with Crippen molar-refractivity contribution in [2.24, 2.45) is 0 Å². The lowest BCUT2D eigenvalue weighted by Gasteiger charge is -1.94. The number of hydrogen-bond donors (Lipinski definition) is 0. The van der Waals surface area contributed by atoms with Gasteiger partial charge in [0.1, 0.15) is 5.75 Å². The standard InChI is InChI=1S/C13H12OS/c1-3-12-11(14-2)9-13(15-12)10-7-5-4-6-8-10/h3-9H,1H2,2H3. The molecule has 76 valence electrons. The molecule has 1 heterocycles. The number of hydrogen-bond acceptors (Lipinski definition) is 2. The fourth-order valence-corrected chi connectivity index (χ4v) is 2.42. The Balaban J connectivity index is 2.46. The van der Waals surface area contributed by atoms with E-state index in [1.165, 1.54) is 10.4 Å². The average molecular weight is 216 g/mol. The van der Waals surface area contributed by atoms with Crippen molar-refractivity contribution in [1.82, 2.24) is 0 Å². The summed E-state index contributed by atoms with van der Waals surface area (Å²) in [6.45, 7) is 3.78. The molecule has 0 aliphatic heterocycles. The van der Waals surface area contributed by atoms with E-state index >= 15 is 0 Å². The summed E-state index contributed by atoms with van der Waals surface area (Å²) in [5, 5.41) is 0. The van der Waals surface area contributed by atoms with Crippen molar-refractivity contribution < 1.29 is 4.74 Å². The Bertz CT molecular complexity index is 457. The highest BCUT2D eigenvalue weighted by atomic mass is 32.1. The lowest BCUT2D eigenvalue weighted by Crippen LogP contribution is -1.79. The van der Waals surface area contributed by atoms with Crippen molar-refractivity contribution in [3.63, 3.8) is 0 Å². The molecule has 0 saturated carbocycles. The van der Waals surface area contributed by atoms with Crippen molar-refractivity contribution in [2.75, 3.05) is 7.11 Å². The number of benzene rings is 1. The van der Waals surface area contributed by atoms with Crippen LogP contribution in [0.15, 0.2) is 43.0 Å². The maximum absolute atomic E-state index is 5.28. The second kappa shape index (κ2) is 4.32. The van der Waals surface area contributed by atoms with E-state index in [0.29, 0.717) is 0 Å². The molecule has 2 rings (SSSR count). The van der Waals surface area contributed by atoms with Crippen LogP contribution >= 0.6 is 11.3 Å². The molecule has 1 aromatic carbocycles. The Morgan fingerprint density at radius 1 is 1.27 bits per heavy atom. The van der Waals surface area contributed by atoms with Gasteiger partial charge in [-0.25, -0.2) is 0 Å². The molecule has 0 aliphatic carbocycles. The van der Waals surface area contributed by atoms with E-state index in [-0.39, 0.29) is 0 Å². The van der Waals surface area contributed by atoms with Crippen LogP contribution in [0.5, 0.6) is 5.75 Å². The van der Waals surface area contributed by atoms with Crippen LogP contribution < -0.4 is 4.74 Å². The topological polar surface area (TPSA) is 9.23 Å². The maximum atomic E-state index is 5.28. The van der Waals surface area contributed by atoms with Gasteiger partial charge in [-0.15, -0.1) is 11.3 Å². The fourth-order valence-electron chi connectivity index (χ4n) is 1.43. The first-order chi connectivity index (χ1) is 7.35. The third-order valence-corrected chi connectivity index (χ3v) is 3.35. The van der Waals surface area contributed by atoms with Crippen LogP contribution in [0.3, 0.4) is 0 Å². The van der Waals surface area contributed by atoms with Gasteiger partial charge in [0.25, 0.3) is 0 Å². The second-order valence-corrected chi connectivity index (χ2v) is 4.20. The van der Waals surface area contributed by atoms with Gasteiger partial charge in [-0.1, -0.05) is 36.9 Å². The summed E-state index contributed by atoms with van der Waals surface area (Å²) in [7, 11) is 1.68. The van der Waals surface area contributed by atoms with Gasteiger partial charge in [0, 0.05) is 4.88 Å². The summed E-state index contributed by atoms with van der Waals surface area (Å²) in [5.41, 5.74) is 1.22. The van der Waals surface area contributed by atoms with E-state index in [9.17, 15) is 0 Å². The molecule has 0 unspecified atom stereocenters. The Labute approximate surface area is 93.6 Å². The number of methoxy groups -OCH3 is 1. The predicted octanol–water partition coefficient (Wildman–Crippen LogP) is 4.07. The molecule has 0 fully saturated rings. The minimum absolute atomic E-state index is 0.897. The van der Waals surface area contributed by atoms with Crippen LogP contribution in [0, 0.1) is 0 Å². The normalized spacial score (nSPS) is 9.93. The monoisotopic (exact) mass is 216 g/mol. The zero-order valence-electron chi connectivity index (χ0n) is 8.57. The quantitative estimate of drug-likeness (QED) is 0.751. The summed E-state index contributed by atoms with van der Waals surface area (Å²) >= 11 is 1.69. The smallest absolute Gasteiger partial charge is 0.137 e. The molecule has 15 heavy (non-hydrogen) atoms. The number of thiophene rings is 1. The molecular formula is C13H12OS. The van der Waals surface area contributed by atoms with Crippen molar-refractivity contribution in [1.29, 1.82) is 0 Å². The van der Waals surface area contributed by atoms with Crippen molar-refractivity contribution in [3.05, 3.63) is 47.9 Å². The van der Waals surface area contributed by atoms with E-state index < -0.39 is 0 Å². The van der Waals surface area contributed by atoms with Gasteiger partial charge in [0.2, 0.25) is 0 Å². The van der Waals surface area contributed by atoms with E-state index in [2.05, 4.69) is 24.8 Å². The molecule has 0 spiro atoms. The third kappa shape index (κ3) is 1.95. The van der Waals surface area contributed by atoms with Crippen LogP contribution in [0.4, 0.5) is 0 Å². The predicted molar refractivity (Wildman–Crippen MR) is 66.4 cm³/mol. The molecule has 1 aromatic heterocycles. The van der Waals surface area contributed by atoms with E-state index in [1.807, 2.05) is 24.3 Å². The number of rotatable bonds is 3. The van der Waals surface area contributed by atoms with Crippen molar-refractivity contribution in [2.45, 2.75) is 0 Å². The van der Waals surface area contributed by atoms with Crippen LogP contribution in [0.25, 0.3) is 16.5 Å². The fraction of sp³-hybridized carbons (Fsp3) is 0.0769. The molecule has 0 N–H and O–H groups in total. The Kier molecular flexibility index (Phi) is 2.88. The van der Waals surface area contributed by atoms with Crippen LogP contribution in [0.2, 0.25) is 0 Å². The van der Waals surface area contributed by atoms with Crippen molar-refractivity contribution in [3.8, 4) is 16.2 Å². The highest BCUT2D eigenvalue weighted by Gasteiger charge is 2.07. The SMILES string of the molecule is C=Cc1sc(-c2ccccc2)cc1OC. The summed E-state index contributed by atoms with van der Waals surface area (Å²) in [4.78, 5) is 2.29. The van der Waals surface area contributed by atoms with Crippen LogP contribution in [0.1, 0.15) is 4.88 Å². The summed E-state index contributed by atoms with van der Waals surface area (Å²) in [6, 6.07) is 12.3. The van der Waals surface area contributed by atoms with Gasteiger partial charge >= 0.3 is 0 Å². The average Bonchev–Trinajstić information content (AvgIpc) is 2.73. The first-order valence-electron chi connectivity index (χ1n) is 4.71. The van der Waals surface area contributed by atoms with Gasteiger partial charge in [-0.3, -0.25) is 0 Å². The third-order valence-electron chi connectivity index (χ3n) is 2.19. The van der Waals surface area contributed by atoms with Gasteiger partial charge in [0.15, 0.2) is 0 Å². The zero-order valence-corrected chi connectivity index (χ0v) is 9.38. The molecule has 0 radical (unpaired) electrons. The zero-order chi connectivity index (χ0) is 10.7. The summed E-state index contributed by atoms with van der Waals surface area (Å²) in [6.07, 6.45) is 1.83. The van der Waals surface area contributed by atoms with E-state index in [4.69, 9.17) is 4.74 Å². The lowest BCUT2D eigenvalue weighted by atomic mass is 10.2. The highest BCUT2D eigenvalue weighted by Crippen LogP contribution is 2.36. The van der Waals surface area contributed by atoms with E-state index in [1.54, 1.807) is 18.4 Å². The number of ether oxygens (including phenoxy) is 1. The molecule has 1 nitrogen and oxygen atoms in total. The Morgan fingerprint density at radius 2 is 2.00 bits per heavy atom. The maximum Gasteiger partial charge on any atom is 0.137 e. The molecular weight excluding hydrogens is 204 g/mol. The molecule has 0 atom stereocenters. The first kappa shape index (κ1) is 9.99. The summed E-state index contributed by atoms with van der Waals surface area (Å²) in [5.74, 6) is 0.897. The lowest BCUT2D eigenvalue weighted by molar-refractivity contribution is 0.416. The Hall–Kier alpha value is -1.54. The first-order valence-corrected chi connectivity index (χ1v) is 5.52. The minimum atomic E-state index is 0.897. The molecule has 2 aromatic rings. The minimum Gasteiger partial charge on any atom is -0.495 e. The highest BCUT2D eigenvalue weighted by molar-refractivity contribution is 7.16. The van der Waals surface area contributed by atoms with Gasteiger partial charge < -0.3 is 4.74 Å². The molecule has 0 aliphatic rings.